The average molecular weight is 459 g/mol. The van der Waals surface area contributed by atoms with Crippen LogP contribution in [0.5, 0.6) is 0 Å². The van der Waals surface area contributed by atoms with E-state index in [0.29, 0.717) is 24.5 Å². The van der Waals surface area contributed by atoms with E-state index in [1.165, 1.54) is 43.2 Å². The molecule has 0 atom stereocenters. The Morgan fingerprint density at radius 3 is 1.90 bits per heavy atom. The predicted octanol–water partition coefficient (Wildman–Crippen LogP) is 6.24. The Hall–Kier alpha value is -1.80. The molecule has 0 aliphatic carbocycles. The second-order valence-electron chi connectivity index (χ2n) is 9.73. The zero-order chi connectivity index (χ0) is 21.6. The standard InChI is InChI=1S/C28H32BBr/c1-17(2)21-15-24(18(3)4)28(25(16-21)19(5)6)29-26-10-8-7-9-20(26)13-22-14-23(30)11-12-27(22)29/h7-12,14-19H,13H2,1-6H3. The first-order valence-corrected chi connectivity index (χ1v) is 12.1. The van der Waals surface area contributed by atoms with Crippen LogP contribution < -0.4 is 16.4 Å². The molecule has 1 heterocycles. The quantitative estimate of drug-likeness (QED) is 0.317. The highest BCUT2D eigenvalue weighted by Crippen LogP contribution is 2.28. The molecule has 0 saturated carbocycles. The number of rotatable bonds is 4. The Morgan fingerprint density at radius 2 is 1.30 bits per heavy atom. The molecule has 0 spiro atoms. The maximum absolute atomic E-state index is 3.71. The fourth-order valence-corrected chi connectivity index (χ4v) is 5.42. The molecule has 0 saturated heterocycles. The van der Waals surface area contributed by atoms with E-state index in [0.717, 1.165) is 6.42 Å². The van der Waals surface area contributed by atoms with Crippen molar-refractivity contribution < 1.29 is 0 Å². The highest BCUT2D eigenvalue weighted by molar-refractivity contribution is 9.10. The van der Waals surface area contributed by atoms with E-state index in [4.69, 9.17) is 0 Å². The van der Waals surface area contributed by atoms with Crippen molar-refractivity contribution in [3.8, 4) is 0 Å². The van der Waals surface area contributed by atoms with E-state index in [2.05, 4.69) is 112 Å². The zero-order valence-corrected chi connectivity index (χ0v) is 20.7. The maximum atomic E-state index is 3.71. The van der Waals surface area contributed by atoms with Gasteiger partial charge in [-0.05, 0) is 64.1 Å². The second-order valence-corrected chi connectivity index (χ2v) is 10.6. The first-order chi connectivity index (χ1) is 14.3. The van der Waals surface area contributed by atoms with Gasteiger partial charge >= 0.3 is 0 Å². The summed E-state index contributed by atoms with van der Waals surface area (Å²) < 4.78 is 1.17. The minimum Gasteiger partial charge on any atom is -0.0667 e. The molecular formula is C28H32BBr. The zero-order valence-electron chi connectivity index (χ0n) is 19.1. The van der Waals surface area contributed by atoms with Crippen molar-refractivity contribution in [2.45, 2.75) is 65.7 Å². The van der Waals surface area contributed by atoms with Gasteiger partial charge in [-0.3, -0.25) is 0 Å². The van der Waals surface area contributed by atoms with Crippen molar-refractivity contribution in [2.75, 3.05) is 0 Å². The molecule has 0 radical (unpaired) electrons. The molecule has 2 heteroatoms. The van der Waals surface area contributed by atoms with Crippen molar-refractivity contribution in [3.05, 3.63) is 86.9 Å². The number of fused-ring (bicyclic) bond motifs is 2. The van der Waals surface area contributed by atoms with Gasteiger partial charge in [-0.25, -0.2) is 0 Å². The first-order valence-electron chi connectivity index (χ1n) is 11.3. The molecule has 154 valence electrons. The Balaban J connectivity index is 2.08. The summed E-state index contributed by atoms with van der Waals surface area (Å²) in [5.74, 6) is 1.52. The van der Waals surface area contributed by atoms with E-state index in [-0.39, 0.29) is 0 Å². The number of benzene rings is 3. The van der Waals surface area contributed by atoms with Gasteiger partial charge in [-0.15, -0.1) is 0 Å². The van der Waals surface area contributed by atoms with Gasteiger partial charge in [-0.2, -0.15) is 0 Å². The minimum atomic E-state index is 0.300. The van der Waals surface area contributed by atoms with Gasteiger partial charge in [0.2, 0.25) is 6.71 Å². The highest BCUT2D eigenvalue weighted by atomic mass is 79.9. The summed E-state index contributed by atoms with van der Waals surface area (Å²) in [4.78, 5) is 0. The van der Waals surface area contributed by atoms with Crippen LogP contribution in [0.1, 0.15) is 87.1 Å². The van der Waals surface area contributed by atoms with Crippen LogP contribution in [0.15, 0.2) is 59.1 Å². The molecule has 0 N–H and O–H groups in total. The smallest absolute Gasteiger partial charge is 0.0667 e. The minimum absolute atomic E-state index is 0.300. The summed E-state index contributed by atoms with van der Waals surface area (Å²) in [6.45, 7) is 14.3. The fraction of sp³-hybridized carbons (Fsp3) is 0.357. The van der Waals surface area contributed by atoms with Crippen LogP contribution in [-0.4, -0.2) is 6.71 Å². The lowest BCUT2D eigenvalue weighted by atomic mass is 9.32. The van der Waals surface area contributed by atoms with E-state index in [1.807, 2.05) is 0 Å². The second kappa shape index (κ2) is 8.38. The summed E-state index contributed by atoms with van der Waals surface area (Å²) in [6, 6.07) is 20.9. The monoisotopic (exact) mass is 458 g/mol. The third kappa shape index (κ3) is 3.80. The molecule has 30 heavy (non-hydrogen) atoms. The van der Waals surface area contributed by atoms with E-state index >= 15 is 0 Å². The third-order valence-corrected chi connectivity index (χ3v) is 7.12. The normalized spacial score (nSPS) is 13.2. The fourth-order valence-electron chi connectivity index (χ4n) is 5.01. The molecule has 3 aromatic rings. The molecule has 0 bridgehead atoms. The van der Waals surface area contributed by atoms with E-state index in [1.54, 1.807) is 5.46 Å². The number of halogens is 1. The molecule has 0 unspecified atom stereocenters. The van der Waals surface area contributed by atoms with Gasteiger partial charge in [0.1, 0.15) is 0 Å². The van der Waals surface area contributed by atoms with Gasteiger partial charge in [-0.1, -0.05) is 116 Å². The summed E-state index contributed by atoms with van der Waals surface area (Å²) in [5.41, 5.74) is 11.9. The Labute approximate surface area is 191 Å². The number of hydrogen-bond donors (Lipinski definition) is 0. The molecule has 1 aliphatic heterocycles. The van der Waals surface area contributed by atoms with Gasteiger partial charge in [0.15, 0.2) is 0 Å². The third-order valence-electron chi connectivity index (χ3n) is 6.63. The van der Waals surface area contributed by atoms with Crippen molar-refractivity contribution >= 4 is 39.0 Å². The summed E-state index contributed by atoms with van der Waals surface area (Å²) in [6.07, 6.45) is 1.01. The highest BCUT2D eigenvalue weighted by Gasteiger charge is 2.34. The van der Waals surface area contributed by atoms with Crippen LogP contribution in [0.4, 0.5) is 0 Å². The van der Waals surface area contributed by atoms with Crippen LogP contribution in [-0.2, 0) is 6.42 Å². The molecule has 0 fully saturated rings. The van der Waals surface area contributed by atoms with E-state index in [9.17, 15) is 0 Å². The molecule has 1 aliphatic rings. The van der Waals surface area contributed by atoms with Crippen LogP contribution in [0.2, 0.25) is 0 Å². The lowest BCUT2D eigenvalue weighted by Crippen LogP contribution is -2.59. The van der Waals surface area contributed by atoms with Crippen molar-refractivity contribution in [1.82, 2.24) is 0 Å². The Kier molecular flexibility index (Phi) is 5.99. The molecule has 0 aromatic heterocycles. The molecular weight excluding hydrogens is 427 g/mol. The van der Waals surface area contributed by atoms with Gasteiger partial charge in [0.25, 0.3) is 0 Å². The van der Waals surface area contributed by atoms with E-state index < -0.39 is 0 Å². The summed E-state index contributed by atoms with van der Waals surface area (Å²) in [5, 5.41) is 0. The number of hydrogen-bond acceptors (Lipinski definition) is 0. The lowest BCUT2D eigenvalue weighted by molar-refractivity contribution is 0.812. The van der Waals surface area contributed by atoms with Gasteiger partial charge in [0, 0.05) is 4.47 Å². The van der Waals surface area contributed by atoms with Gasteiger partial charge in [0.05, 0.1) is 0 Å². The largest absolute Gasteiger partial charge is 0.242 e. The maximum Gasteiger partial charge on any atom is 0.242 e. The van der Waals surface area contributed by atoms with Crippen LogP contribution in [0.25, 0.3) is 0 Å². The summed E-state index contributed by atoms with van der Waals surface area (Å²) >= 11 is 3.71. The molecule has 0 nitrogen and oxygen atoms in total. The average Bonchev–Trinajstić information content (AvgIpc) is 2.70. The van der Waals surface area contributed by atoms with Crippen molar-refractivity contribution in [3.63, 3.8) is 0 Å². The SMILES string of the molecule is CC(C)c1cc(C(C)C)c(B2c3ccccc3Cc3cc(Br)ccc32)c(C(C)C)c1. The Morgan fingerprint density at radius 1 is 0.700 bits per heavy atom. The first kappa shape index (κ1) is 21.4. The molecule has 4 rings (SSSR count). The van der Waals surface area contributed by atoms with Crippen molar-refractivity contribution in [2.24, 2.45) is 0 Å². The lowest BCUT2D eigenvalue weighted by Gasteiger charge is -2.32. The predicted molar refractivity (Wildman–Crippen MR) is 137 cm³/mol. The molecule has 3 aromatic carbocycles. The Bertz CT molecular complexity index is 1050. The van der Waals surface area contributed by atoms with Crippen molar-refractivity contribution in [1.29, 1.82) is 0 Å². The summed E-state index contributed by atoms with van der Waals surface area (Å²) in [7, 11) is 0. The van der Waals surface area contributed by atoms with Crippen LogP contribution in [0, 0.1) is 0 Å². The topological polar surface area (TPSA) is 0 Å². The van der Waals surface area contributed by atoms with Crippen LogP contribution in [0.3, 0.4) is 0 Å². The molecule has 0 amide bonds. The van der Waals surface area contributed by atoms with Crippen LogP contribution >= 0.6 is 15.9 Å². The van der Waals surface area contributed by atoms with Gasteiger partial charge < -0.3 is 0 Å².